The van der Waals surface area contributed by atoms with Crippen LogP contribution in [0, 0.1) is 0 Å². The summed E-state index contributed by atoms with van der Waals surface area (Å²) >= 11 is 3.16. The molecule has 0 radical (unpaired) electrons. The van der Waals surface area contributed by atoms with Crippen molar-refractivity contribution in [2.75, 3.05) is 13.2 Å². The lowest BCUT2D eigenvalue weighted by Gasteiger charge is -2.07. The van der Waals surface area contributed by atoms with E-state index in [1.165, 1.54) is 6.07 Å². The molecule has 1 rings (SSSR count). The molecule has 0 fully saturated rings. The van der Waals surface area contributed by atoms with Crippen molar-refractivity contribution in [3.05, 3.63) is 28.2 Å². The largest absolute Gasteiger partial charge is 0.490 e. The van der Waals surface area contributed by atoms with Crippen LogP contribution in [0.3, 0.4) is 0 Å². The number of carboxylic acids is 1. The van der Waals surface area contributed by atoms with Gasteiger partial charge in [0.2, 0.25) is 0 Å². The second kappa shape index (κ2) is 4.97. The van der Waals surface area contributed by atoms with E-state index in [1.807, 2.05) is 0 Å². The number of hydrogen-bond acceptors (Lipinski definition) is 3. The zero-order valence-electron chi connectivity index (χ0n) is 7.24. The maximum absolute atomic E-state index is 10.8. The zero-order valence-corrected chi connectivity index (χ0v) is 8.82. The van der Waals surface area contributed by atoms with Crippen LogP contribution in [-0.4, -0.2) is 29.4 Å². The Morgan fingerprint density at radius 1 is 1.50 bits per heavy atom. The van der Waals surface area contributed by atoms with Gasteiger partial charge in [0.25, 0.3) is 0 Å². The molecule has 0 aliphatic rings. The van der Waals surface area contributed by atoms with E-state index in [1.54, 1.807) is 12.1 Å². The number of hydrogen-bond donors (Lipinski definition) is 2. The Kier molecular flexibility index (Phi) is 3.91. The van der Waals surface area contributed by atoms with Gasteiger partial charge in [0.1, 0.15) is 17.9 Å². The van der Waals surface area contributed by atoms with Crippen LogP contribution in [0.4, 0.5) is 0 Å². The Bertz CT molecular complexity index is 338. The number of carbonyl (C=O) groups is 1. The Morgan fingerprint density at radius 2 is 2.21 bits per heavy atom. The molecule has 4 nitrogen and oxygen atoms in total. The second-order valence-corrected chi connectivity index (χ2v) is 3.43. The molecule has 0 bridgehead atoms. The first-order valence-corrected chi connectivity index (χ1v) is 4.71. The normalized spacial score (nSPS) is 9.86. The molecule has 0 spiro atoms. The lowest BCUT2D eigenvalue weighted by Crippen LogP contribution is -2.06. The zero-order chi connectivity index (χ0) is 10.6. The van der Waals surface area contributed by atoms with Gasteiger partial charge in [-0.1, -0.05) is 15.9 Å². The Hall–Kier alpha value is -1.07. The average Bonchev–Trinajstić information content (AvgIpc) is 2.15. The molecule has 0 saturated carbocycles. The highest BCUT2D eigenvalue weighted by Crippen LogP contribution is 2.23. The van der Waals surface area contributed by atoms with E-state index >= 15 is 0 Å². The Balaban J connectivity index is 2.96. The fraction of sp³-hybridized carbons (Fsp3) is 0.222. The molecule has 0 atom stereocenters. The molecular weight excluding hydrogens is 252 g/mol. The summed E-state index contributed by atoms with van der Waals surface area (Å²) in [6, 6.07) is 4.68. The smallest absolute Gasteiger partial charge is 0.339 e. The van der Waals surface area contributed by atoms with Crippen LogP contribution in [0.15, 0.2) is 22.7 Å². The van der Waals surface area contributed by atoms with Crippen LogP contribution >= 0.6 is 15.9 Å². The molecule has 0 aliphatic carbocycles. The molecule has 0 aliphatic heterocycles. The van der Waals surface area contributed by atoms with Crippen molar-refractivity contribution in [3.8, 4) is 5.75 Å². The molecule has 0 amide bonds. The van der Waals surface area contributed by atoms with E-state index in [-0.39, 0.29) is 24.5 Å². The molecule has 1 aromatic rings. The highest BCUT2D eigenvalue weighted by molar-refractivity contribution is 9.10. The molecule has 0 unspecified atom stereocenters. The number of ether oxygens (including phenoxy) is 1. The third-order valence-electron chi connectivity index (χ3n) is 1.52. The van der Waals surface area contributed by atoms with Crippen LogP contribution in [-0.2, 0) is 0 Å². The van der Waals surface area contributed by atoms with Gasteiger partial charge in [-0.2, -0.15) is 0 Å². The van der Waals surface area contributed by atoms with Gasteiger partial charge < -0.3 is 14.9 Å². The number of aromatic carboxylic acids is 1. The first kappa shape index (κ1) is 11.0. The van der Waals surface area contributed by atoms with Crippen LogP contribution in [0.1, 0.15) is 10.4 Å². The van der Waals surface area contributed by atoms with Gasteiger partial charge in [0, 0.05) is 4.47 Å². The quantitative estimate of drug-likeness (QED) is 0.862. The number of aliphatic hydroxyl groups excluding tert-OH is 1. The van der Waals surface area contributed by atoms with E-state index in [0.29, 0.717) is 4.47 Å². The van der Waals surface area contributed by atoms with Gasteiger partial charge in [-0.3, -0.25) is 0 Å². The number of rotatable bonds is 4. The summed E-state index contributed by atoms with van der Waals surface area (Å²) < 4.78 is 5.72. The lowest BCUT2D eigenvalue weighted by molar-refractivity contribution is 0.0690. The minimum Gasteiger partial charge on any atom is -0.490 e. The number of carboxylic acid groups (broad SMARTS) is 1. The minimum atomic E-state index is -1.06. The maximum Gasteiger partial charge on any atom is 0.339 e. The van der Waals surface area contributed by atoms with E-state index < -0.39 is 5.97 Å². The standard InChI is InChI=1S/C9H9BrO4/c10-6-1-2-8(14-4-3-11)7(5-6)9(12)13/h1-2,5,11H,3-4H2,(H,12,13). The van der Waals surface area contributed by atoms with Crippen molar-refractivity contribution in [3.63, 3.8) is 0 Å². The van der Waals surface area contributed by atoms with Crippen molar-refractivity contribution in [2.45, 2.75) is 0 Å². The molecule has 0 heterocycles. The van der Waals surface area contributed by atoms with Crippen molar-refractivity contribution >= 4 is 21.9 Å². The van der Waals surface area contributed by atoms with E-state index in [0.717, 1.165) is 0 Å². The fourth-order valence-corrected chi connectivity index (χ4v) is 1.31. The molecule has 0 saturated heterocycles. The number of halogens is 1. The topological polar surface area (TPSA) is 66.8 Å². The highest BCUT2D eigenvalue weighted by atomic mass is 79.9. The first-order valence-electron chi connectivity index (χ1n) is 3.91. The van der Waals surface area contributed by atoms with Gasteiger partial charge in [-0.25, -0.2) is 4.79 Å². The van der Waals surface area contributed by atoms with E-state index in [4.69, 9.17) is 14.9 Å². The van der Waals surface area contributed by atoms with Crippen LogP contribution in [0.25, 0.3) is 0 Å². The SMILES string of the molecule is O=C(O)c1cc(Br)ccc1OCCO. The monoisotopic (exact) mass is 260 g/mol. The summed E-state index contributed by atoms with van der Waals surface area (Å²) in [5.74, 6) is -0.797. The van der Waals surface area contributed by atoms with Crippen molar-refractivity contribution in [1.29, 1.82) is 0 Å². The van der Waals surface area contributed by atoms with Crippen molar-refractivity contribution < 1.29 is 19.7 Å². The van der Waals surface area contributed by atoms with Crippen molar-refractivity contribution in [1.82, 2.24) is 0 Å². The van der Waals surface area contributed by atoms with Gasteiger partial charge in [-0.05, 0) is 18.2 Å². The summed E-state index contributed by atoms with van der Waals surface area (Å²) in [6.07, 6.45) is 0. The van der Waals surface area contributed by atoms with E-state index in [9.17, 15) is 4.79 Å². The molecule has 5 heteroatoms. The first-order chi connectivity index (χ1) is 6.65. The molecule has 0 aromatic heterocycles. The predicted octanol–water partition coefficient (Wildman–Crippen LogP) is 1.52. The molecule has 14 heavy (non-hydrogen) atoms. The summed E-state index contributed by atoms with van der Waals surface area (Å²) in [4.78, 5) is 10.8. The molecular formula is C9H9BrO4. The number of aliphatic hydroxyl groups is 1. The molecule has 1 aromatic carbocycles. The molecule has 2 N–H and O–H groups in total. The van der Waals surface area contributed by atoms with Crippen molar-refractivity contribution in [2.24, 2.45) is 0 Å². The number of benzene rings is 1. The summed E-state index contributed by atoms with van der Waals surface area (Å²) in [6.45, 7) is -0.0585. The molecule has 76 valence electrons. The second-order valence-electron chi connectivity index (χ2n) is 2.52. The van der Waals surface area contributed by atoms with Gasteiger partial charge in [0.05, 0.1) is 6.61 Å². The Labute approximate surface area is 89.3 Å². The van der Waals surface area contributed by atoms with Gasteiger partial charge in [-0.15, -0.1) is 0 Å². The summed E-state index contributed by atoms with van der Waals surface area (Å²) in [7, 11) is 0. The van der Waals surface area contributed by atoms with Crippen LogP contribution in [0.5, 0.6) is 5.75 Å². The van der Waals surface area contributed by atoms with Gasteiger partial charge >= 0.3 is 5.97 Å². The maximum atomic E-state index is 10.8. The highest BCUT2D eigenvalue weighted by Gasteiger charge is 2.11. The summed E-state index contributed by atoms with van der Waals surface area (Å²) in [5.41, 5.74) is 0.0767. The Morgan fingerprint density at radius 3 is 2.79 bits per heavy atom. The van der Waals surface area contributed by atoms with E-state index in [2.05, 4.69) is 15.9 Å². The third kappa shape index (κ3) is 2.71. The fourth-order valence-electron chi connectivity index (χ4n) is 0.951. The van der Waals surface area contributed by atoms with Crippen LogP contribution < -0.4 is 4.74 Å². The van der Waals surface area contributed by atoms with Gasteiger partial charge in [0.15, 0.2) is 0 Å². The third-order valence-corrected chi connectivity index (χ3v) is 2.01. The predicted molar refractivity (Wildman–Crippen MR) is 53.7 cm³/mol. The minimum absolute atomic E-state index is 0.0767. The summed E-state index contributed by atoms with van der Waals surface area (Å²) in [5, 5.41) is 17.4. The van der Waals surface area contributed by atoms with Crippen LogP contribution in [0.2, 0.25) is 0 Å². The lowest BCUT2D eigenvalue weighted by atomic mass is 10.2. The average molecular weight is 261 g/mol.